The zero-order valence-corrected chi connectivity index (χ0v) is 22.9. The van der Waals surface area contributed by atoms with Crippen molar-refractivity contribution in [2.45, 2.75) is 105 Å². The van der Waals surface area contributed by atoms with Gasteiger partial charge in [-0.05, 0) is 92.4 Å². The average molecular weight is 503 g/mol. The number of carboxylic acids is 1. The van der Waals surface area contributed by atoms with Crippen LogP contribution in [0.1, 0.15) is 92.9 Å². The van der Waals surface area contributed by atoms with Gasteiger partial charge in [-0.1, -0.05) is 40.2 Å². The molecule has 0 heterocycles. The highest BCUT2D eigenvalue weighted by Crippen LogP contribution is 2.75. The van der Waals surface area contributed by atoms with Crippen LogP contribution in [0.3, 0.4) is 0 Å². The van der Waals surface area contributed by atoms with Crippen LogP contribution in [0.4, 0.5) is 0 Å². The summed E-state index contributed by atoms with van der Waals surface area (Å²) in [4.78, 5) is 26.5. The maximum Gasteiger partial charge on any atom is 0.309 e. The second kappa shape index (κ2) is 7.66. The summed E-state index contributed by atoms with van der Waals surface area (Å²) < 4.78 is 0. The zero-order chi connectivity index (χ0) is 26.7. The highest BCUT2D eigenvalue weighted by molar-refractivity contribution is 5.95. The summed E-state index contributed by atoms with van der Waals surface area (Å²) >= 11 is 0. The van der Waals surface area contributed by atoms with Crippen LogP contribution >= 0.6 is 0 Å². The van der Waals surface area contributed by atoms with Gasteiger partial charge in [-0.15, -0.1) is 0 Å². The first kappa shape index (κ1) is 26.4. The number of rotatable bonds is 2. The van der Waals surface area contributed by atoms with Crippen LogP contribution in [-0.2, 0) is 9.59 Å². The highest BCUT2D eigenvalue weighted by atomic mass is 16.4. The lowest BCUT2D eigenvalue weighted by molar-refractivity contribution is -0.216. The number of aliphatic hydroxyl groups is 3. The first-order valence-electron chi connectivity index (χ1n) is 14.0. The molecule has 6 heteroatoms. The summed E-state index contributed by atoms with van der Waals surface area (Å²) in [7, 11) is 0. The fraction of sp³-hybridized carbons (Fsp3) is 0.867. The highest BCUT2D eigenvalue weighted by Gasteiger charge is 2.71. The lowest BCUT2D eigenvalue weighted by atomic mass is 9.33. The Morgan fingerprint density at radius 2 is 1.58 bits per heavy atom. The molecule has 0 radical (unpaired) electrons. The predicted molar refractivity (Wildman–Crippen MR) is 136 cm³/mol. The van der Waals surface area contributed by atoms with E-state index >= 15 is 0 Å². The van der Waals surface area contributed by atoms with Crippen molar-refractivity contribution in [1.82, 2.24) is 0 Å². The van der Waals surface area contributed by atoms with E-state index in [2.05, 4.69) is 27.7 Å². The normalized spacial score (nSPS) is 56.5. The summed E-state index contributed by atoms with van der Waals surface area (Å²) in [5, 5.41) is 42.6. The van der Waals surface area contributed by atoms with Crippen molar-refractivity contribution in [3.63, 3.8) is 0 Å². The van der Waals surface area contributed by atoms with E-state index in [1.807, 2.05) is 13.0 Å². The molecular weight excluding hydrogens is 456 g/mol. The van der Waals surface area contributed by atoms with Crippen LogP contribution in [0.15, 0.2) is 11.6 Å². The van der Waals surface area contributed by atoms with E-state index in [4.69, 9.17) is 0 Å². The Morgan fingerprint density at radius 3 is 2.19 bits per heavy atom. The van der Waals surface area contributed by atoms with Crippen LogP contribution in [0.2, 0.25) is 0 Å². The third-order valence-corrected chi connectivity index (χ3v) is 13.3. The van der Waals surface area contributed by atoms with Gasteiger partial charge in [0, 0.05) is 16.7 Å². The molecule has 0 spiro atoms. The van der Waals surface area contributed by atoms with Crippen LogP contribution in [-0.4, -0.2) is 51.0 Å². The number of hydrogen-bond acceptors (Lipinski definition) is 5. The van der Waals surface area contributed by atoms with Gasteiger partial charge in [0.1, 0.15) is 0 Å². The SMILES string of the molecule is C[C@]1(C(=O)O)C[C@H](O)[C@]2(C)CC[C@]3(C)C(=CC(=O)[C@@H]4[C@@]5(C)CC[C@H](O)[C@](C)(CO)[C@@H]5CC[C@]43C)[C@@H]2C1. The number of aliphatic hydroxyl groups excluding tert-OH is 3. The van der Waals surface area contributed by atoms with E-state index in [0.717, 1.165) is 37.7 Å². The van der Waals surface area contributed by atoms with Crippen LogP contribution in [0.25, 0.3) is 0 Å². The van der Waals surface area contributed by atoms with Gasteiger partial charge in [-0.2, -0.15) is 0 Å². The molecule has 0 saturated heterocycles. The Morgan fingerprint density at radius 1 is 0.917 bits per heavy atom. The third kappa shape index (κ3) is 2.95. The summed E-state index contributed by atoms with van der Waals surface area (Å²) in [6, 6.07) is 0. The topological polar surface area (TPSA) is 115 Å². The van der Waals surface area contributed by atoms with Gasteiger partial charge >= 0.3 is 5.97 Å². The van der Waals surface area contributed by atoms with E-state index in [9.17, 15) is 30.0 Å². The number of allylic oxidation sites excluding steroid dienone is 2. The Labute approximate surface area is 215 Å². The lowest BCUT2D eigenvalue weighted by Gasteiger charge is -2.70. The van der Waals surface area contributed by atoms with Gasteiger partial charge in [0.25, 0.3) is 0 Å². The van der Waals surface area contributed by atoms with Crippen molar-refractivity contribution in [1.29, 1.82) is 0 Å². The smallest absolute Gasteiger partial charge is 0.309 e. The molecule has 36 heavy (non-hydrogen) atoms. The van der Waals surface area contributed by atoms with E-state index in [1.165, 1.54) is 0 Å². The number of ketones is 1. The first-order chi connectivity index (χ1) is 16.5. The van der Waals surface area contributed by atoms with Crippen molar-refractivity contribution in [2.24, 2.45) is 50.2 Å². The van der Waals surface area contributed by atoms with Crippen LogP contribution < -0.4 is 0 Å². The second-order valence-corrected chi connectivity index (χ2v) is 14.8. The van der Waals surface area contributed by atoms with E-state index in [1.54, 1.807) is 6.92 Å². The predicted octanol–water partition coefficient (Wildman–Crippen LogP) is 4.36. The molecule has 5 aliphatic rings. The van der Waals surface area contributed by atoms with E-state index < -0.39 is 34.4 Å². The standard InChI is InChI=1S/C30H46O6/c1-25(24(35)36)14-18-17-13-19(32)23-27(3)9-8-21(33)28(4,16-31)20(27)7-10-30(23,6)29(17,5)12-11-26(18,2)22(34)15-25/h13,18,20-23,31,33-34H,7-12,14-16H2,1-6H3,(H,35,36)/t18-,20+,21-,22-,23+,25+,26+,27-,28+,29+,30+/m0/s1. The van der Waals surface area contributed by atoms with Crippen molar-refractivity contribution in [2.75, 3.05) is 6.61 Å². The Kier molecular flexibility index (Phi) is 5.61. The van der Waals surface area contributed by atoms with Gasteiger partial charge < -0.3 is 20.4 Å². The van der Waals surface area contributed by atoms with Gasteiger partial charge in [-0.25, -0.2) is 0 Å². The van der Waals surface area contributed by atoms with Gasteiger partial charge in [0.15, 0.2) is 5.78 Å². The molecule has 4 fully saturated rings. The maximum atomic E-state index is 14.2. The van der Waals surface area contributed by atoms with Crippen LogP contribution in [0.5, 0.6) is 0 Å². The number of aliphatic carboxylic acids is 1. The maximum absolute atomic E-state index is 14.2. The number of fused-ring (bicyclic) bond motifs is 7. The van der Waals surface area contributed by atoms with Gasteiger partial charge in [0.2, 0.25) is 0 Å². The molecule has 6 nitrogen and oxygen atoms in total. The van der Waals surface area contributed by atoms with Gasteiger partial charge in [0.05, 0.1) is 24.2 Å². The summed E-state index contributed by atoms with van der Waals surface area (Å²) in [5.74, 6) is -1.06. The molecule has 0 amide bonds. The van der Waals surface area contributed by atoms with Crippen molar-refractivity contribution < 1.29 is 30.0 Å². The Hall–Kier alpha value is -1.24. The first-order valence-corrected chi connectivity index (χ1v) is 14.0. The number of carboxylic acid groups (broad SMARTS) is 1. The molecule has 11 atom stereocenters. The van der Waals surface area contributed by atoms with E-state index in [-0.39, 0.29) is 52.8 Å². The second-order valence-electron chi connectivity index (χ2n) is 14.8. The zero-order valence-electron chi connectivity index (χ0n) is 22.9. The van der Waals surface area contributed by atoms with E-state index in [0.29, 0.717) is 12.8 Å². The molecule has 0 aliphatic heterocycles. The molecule has 0 unspecified atom stereocenters. The molecule has 0 bridgehead atoms. The molecule has 202 valence electrons. The molecule has 5 aliphatic carbocycles. The van der Waals surface area contributed by atoms with Crippen LogP contribution in [0, 0.1) is 50.2 Å². The average Bonchev–Trinajstić information content (AvgIpc) is 2.79. The molecule has 5 rings (SSSR count). The monoisotopic (exact) mass is 502 g/mol. The van der Waals surface area contributed by atoms with Crippen molar-refractivity contribution >= 4 is 11.8 Å². The summed E-state index contributed by atoms with van der Waals surface area (Å²) in [5.41, 5.74) is -1.91. The Balaban J connectivity index is 1.64. The third-order valence-electron chi connectivity index (χ3n) is 13.3. The van der Waals surface area contributed by atoms with Crippen molar-refractivity contribution in [3.05, 3.63) is 11.6 Å². The summed E-state index contributed by atoms with van der Waals surface area (Å²) in [6.07, 6.45) is 5.98. The largest absolute Gasteiger partial charge is 0.481 e. The lowest BCUT2D eigenvalue weighted by Crippen LogP contribution is -2.68. The number of carbonyl (C=O) groups excluding carboxylic acids is 1. The number of carbonyl (C=O) groups is 2. The van der Waals surface area contributed by atoms with Gasteiger partial charge in [-0.3, -0.25) is 9.59 Å². The quantitative estimate of drug-likeness (QED) is 0.446. The minimum atomic E-state index is -1.02. The Bertz CT molecular complexity index is 1020. The van der Waals surface area contributed by atoms with Crippen molar-refractivity contribution in [3.8, 4) is 0 Å². The molecule has 4 N–H and O–H groups in total. The molecular formula is C30H46O6. The minimum absolute atomic E-state index is 0.0555. The summed E-state index contributed by atoms with van der Waals surface area (Å²) in [6.45, 7) is 12.5. The molecule has 4 saturated carbocycles. The number of hydrogen-bond donors (Lipinski definition) is 4. The molecule has 0 aromatic heterocycles. The fourth-order valence-corrected chi connectivity index (χ4v) is 10.5. The minimum Gasteiger partial charge on any atom is -0.481 e. The fourth-order valence-electron chi connectivity index (χ4n) is 10.5. The molecule has 0 aromatic carbocycles. The molecule has 0 aromatic rings.